The van der Waals surface area contributed by atoms with Crippen LogP contribution < -0.4 is 5.73 Å². The quantitative estimate of drug-likeness (QED) is 0.823. The Bertz CT molecular complexity index is 500. The first-order valence-electron chi connectivity index (χ1n) is 5.59. The summed E-state index contributed by atoms with van der Waals surface area (Å²) in [4.78, 5) is 10.9. The number of primary amides is 1. The van der Waals surface area contributed by atoms with Gasteiger partial charge >= 0.3 is 0 Å². The molecule has 17 heavy (non-hydrogen) atoms. The molecule has 0 aliphatic heterocycles. The van der Waals surface area contributed by atoms with E-state index in [1.165, 1.54) is 0 Å². The van der Waals surface area contributed by atoms with Crippen LogP contribution in [-0.4, -0.2) is 16.1 Å². The molecule has 0 unspecified atom stereocenters. The average molecular weight is 233 g/mol. The van der Waals surface area contributed by atoms with Crippen LogP contribution in [0.15, 0.2) is 23.0 Å². The largest absolute Gasteiger partial charge is 0.472 e. The van der Waals surface area contributed by atoms with Gasteiger partial charge in [-0.3, -0.25) is 9.89 Å². The molecule has 2 heterocycles. The van der Waals surface area contributed by atoms with Crippen molar-refractivity contribution in [2.24, 2.45) is 5.73 Å². The minimum absolute atomic E-state index is 0.300. The fourth-order valence-electron chi connectivity index (χ4n) is 1.85. The number of carbonyl (C=O) groups excluding carboxylic acids is 1. The first-order chi connectivity index (χ1) is 8.22. The molecular formula is C12H15N3O2. The van der Waals surface area contributed by atoms with E-state index in [1.54, 1.807) is 12.5 Å². The molecule has 2 rings (SSSR count). The molecule has 5 heteroatoms. The van der Waals surface area contributed by atoms with Gasteiger partial charge in [-0.15, -0.1) is 0 Å². The van der Waals surface area contributed by atoms with Crippen molar-refractivity contribution >= 4 is 5.91 Å². The van der Waals surface area contributed by atoms with E-state index in [1.807, 2.05) is 13.0 Å². The number of furan rings is 1. The Labute approximate surface area is 99.0 Å². The number of aromatic amines is 1. The lowest BCUT2D eigenvalue weighted by Gasteiger charge is -2.01. The van der Waals surface area contributed by atoms with Crippen LogP contribution in [0.25, 0.3) is 11.3 Å². The smallest absolute Gasteiger partial charge is 0.217 e. The van der Waals surface area contributed by atoms with Gasteiger partial charge < -0.3 is 10.2 Å². The molecule has 0 spiro atoms. The van der Waals surface area contributed by atoms with Crippen molar-refractivity contribution in [3.63, 3.8) is 0 Å². The maximum Gasteiger partial charge on any atom is 0.217 e. The molecule has 90 valence electrons. The number of nitrogens with two attached hydrogens (primary N) is 1. The first-order valence-corrected chi connectivity index (χ1v) is 5.59. The molecule has 2 aromatic heterocycles. The Morgan fingerprint density at radius 3 is 3.00 bits per heavy atom. The maximum absolute atomic E-state index is 10.9. The molecule has 0 bridgehead atoms. The van der Waals surface area contributed by atoms with E-state index >= 15 is 0 Å². The second kappa shape index (κ2) is 4.86. The average Bonchev–Trinajstić information content (AvgIpc) is 2.94. The van der Waals surface area contributed by atoms with Gasteiger partial charge in [-0.1, -0.05) is 6.92 Å². The Hall–Kier alpha value is -2.04. The molecule has 0 atom stereocenters. The number of nitrogens with one attached hydrogen (secondary N) is 1. The van der Waals surface area contributed by atoms with Crippen molar-refractivity contribution in [2.75, 3.05) is 0 Å². The Morgan fingerprint density at radius 1 is 1.59 bits per heavy atom. The number of amides is 1. The second-order valence-corrected chi connectivity index (χ2v) is 3.86. The predicted molar refractivity (Wildman–Crippen MR) is 63.2 cm³/mol. The SMILES string of the molecule is CCc1[nH]nc(-c2ccoc2)c1CCC(N)=O. The van der Waals surface area contributed by atoms with Crippen LogP contribution in [-0.2, 0) is 17.6 Å². The van der Waals surface area contributed by atoms with E-state index in [0.717, 1.165) is 28.9 Å². The van der Waals surface area contributed by atoms with Crippen molar-refractivity contribution in [3.8, 4) is 11.3 Å². The van der Waals surface area contributed by atoms with Gasteiger partial charge in [0.05, 0.1) is 18.2 Å². The highest BCUT2D eigenvalue weighted by atomic mass is 16.3. The van der Waals surface area contributed by atoms with Gasteiger partial charge in [0, 0.05) is 23.2 Å². The van der Waals surface area contributed by atoms with Crippen LogP contribution in [0.5, 0.6) is 0 Å². The lowest BCUT2D eigenvalue weighted by Crippen LogP contribution is -2.11. The van der Waals surface area contributed by atoms with Gasteiger partial charge in [0.25, 0.3) is 0 Å². The molecule has 1 amide bonds. The normalized spacial score (nSPS) is 10.6. The molecule has 5 nitrogen and oxygen atoms in total. The summed E-state index contributed by atoms with van der Waals surface area (Å²) in [6, 6.07) is 1.85. The summed E-state index contributed by atoms with van der Waals surface area (Å²) in [5.41, 5.74) is 9.04. The summed E-state index contributed by atoms with van der Waals surface area (Å²) in [5, 5.41) is 7.26. The second-order valence-electron chi connectivity index (χ2n) is 3.86. The molecule has 0 radical (unpaired) electrons. The van der Waals surface area contributed by atoms with Gasteiger partial charge in [-0.2, -0.15) is 5.10 Å². The lowest BCUT2D eigenvalue weighted by atomic mass is 10.0. The van der Waals surface area contributed by atoms with E-state index in [-0.39, 0.29) is 5.91 Å². The van der Waals surface area contributed by atoms with E-state index < -0.39 is 0 Å². The van der Waals surface area contributed by atoms with Crippen molar-refractivity contribution in [2.45, 2.75) is 26.2 Å². The van der Waals surface area contributed by atoms with Crippen LogP contribution in [0, 0.1) is 0 Å². The van der Waals surface area contributed by atoms with Crippen LogP contribution in [0.1, 0.15) is 24.6 Å². The summed E-state index contributed by atoms with van der Waals surface area (Å²) in [6.07, 6.45) is 5.03. The zero-order valence-corrected chi connectivity index (χ0v) is 9.69. The van der Waals surface area contributed by atoms with Crippen LogP contribution >= 0.6 is 0 Å². The third-order valence-electron chi connectivity index (χ3n) is 2.72. The minimum Gasteiger partial charge on any atom is -0.472 e. The number of rotatable bonds is 5. The van der Waals surface area contributed by atoms with Gasteiger partial charge in [0.1, 0.15) is 0 Å². The van der Waals surface area contributed by atoms with Gasteiger partial charge in [-0.05, 0) is 18.9 Å². The molecule has 3 N–H and O–H groups in total. The standard InChI is InChI=1S/C12H15N3O2/c1-2-10-9(3-4-11(13)16)12(15-14-10)8-5-6-17-7-8/h5-7H,2-4H2,1H3,(H2,13,16)(H,14,15). The van der Waals surface area contributed by atoms with Gasteiger partial charge in [0.15, 0.2) is 0 Å². The summed E-state index contributed by atoms with van der Waals surface area (Å²) in [7, 11) is 0. The Kier molecular flexibility index (Phi) is 3.27. The Morgan fingerprint density at radius 2 is 2.41 bits per heavy atom. The molecule has 0 saturated carbocycles. The molecular weight excluding hydrogens is 218 g/mol. The lowest BCUT2D eigenvalue weighted by molar-refractivity contribution is -0.117. The van der Waals surface area contributed by atoms with E-state index in [9.17, 15) is 4.79 Å². The van der Waals surface area contributed by atoms with Crippen LogP contribution in [0.2, 0.25) is 0 Å². The number of aromatic nitrogens is 2. The fraction of sp³-hybridized carbons (Fsp3) is 0.333. The number of carbonyl (C=O) groups is 1. The number of hydrogen-bond acceptors (Lipinski definition) is 3. The highest BCUT2D eigenvalue weighted by Gasteiger charge is 2.15. The van der Waals surface area contributed by atoms with Crippen LogP contribution in [0.3, 0.4) is 0 Å². The van der Waals surface area contributed by atoms with Crippen molar-refractivity contribution in [3.05, 3.63) is 29.9 Å². The highest BCUT2D eigenvalue weighted by molar-refractivity contribution is 5.74. The highest BCUT2D eigenvalue weighted by Crippen LogP contribution is 2.25. The van der Waals surface area contributed by atoms with Gasteiger partial charge in [-0.25, -0.2) is 0 Å². The monoisotopic (exact) mass is 233 g/mol. The maximum atomic E-state index is 10.9. The number of H-pyrrole nitrogens is 1. The molecule has 0 aliphatic rings. The van der Waals surface area contributed by atoms with Crippen LogP contribution in [0.4, 0.5) is 0 Å². The molecule has 0 saturated heterocycles. The van der Waals surface area contributed by atoms with Crippen molar-refractivity contribution in [1.82, 2.24) is 10.2 Å². The zero-order chi connectivity index (χ0) is 12.3. The molecule has 0 aromatic carbocycles. The van der Waals surface area contributed by atoms with E-state index in [0.29, 0.717) is 12.8 Å². The fourth-order valence-corrected chi connectivity index (χ4v) is 1.85. The molecule has 2 aromatic rings. The number of aryl methyl sites for hydroxylation is 1. The van der Waals surface area contributed by atoms with Crippen molar-refractivity contribution in [1.29, 1.82) is 0 Å². The van der Waals surface area contributed by atoms with Gasteiger partial charge in [0.2, 0.25) is 5.91 Å². The summed E-state index contributed by atoms with van der Waals surface area (Å²) in [6.45, 7) is 2.04. The topological polar surface area (TPSA) is 84.9 Å². The summed E-state index contributed by atoms with van der Waals surface area (Å²) >= 11 is 0. The Balaban J connectivity index is 2.32. The number of hydrogen-bond donors (Lipinski definition) is 2. The first kappa shape index (κ1) is 11.4. The van der Waals surface area contributed by atoms with Crippen molar-refractivity contribution < 1.29 is 9.21 Å². The summed E-state index contributed by atoms with van der Waals surface area (Å²) in [5.74, 6) is -0.300. The molecule has 0 fully saturated rings. The predicted octanol–water partition coefficient (Wildman–Crippen LogP) is 1.65. The molecule has 0 aliphatic carbocycles. The summed E-state index contributed by atoms with van der Waals surface area (Å²) < 4.78 is 5.05. The third-order valence-corrected chi connectivity index (χ3v) is 2.72. The third kappa shape index (κ3) is 2.38. The van der Waals surface area contributed by atoms with E-state index in [2.05, 4.69) is 10.2 Å². The minimum atomic E-state index is -0.300. The zero-order valence-electron chi connectivity index (χ0n) is 9.69. The van der Waals surface area contributed by atoms with E-state index in [4.69, 9.17) is 10.2 Å². The number of nitrogens with zero attached hydrogens (tertiary/aromatic N) is 1.